The van der Waals surface area contributed by atoms with Gasteiger partial charge in [0.1, 0.15) is 4.88 Å². The van der Waals surface area contributed by atoms with Crippen molar-refractivity contribution in [3.05, 3.63) is 49.5 Å². The number of nitrogens with one attached hydrogen (secondary N) is 1. The van der Waals surface area contributed by atoms with Gasteiger partial charge in [-0.25, -0.2) is 4.79 Å². The molecular weight excluding hydrogens is 332 g/mol. The second-order valence-corrected chi connectivity index (χ2v) is 5.84. The molecule has 2 aromatic rings. The van der Waals surface area contributed by atoms with E-state index in [2.05, 4.69) is 10.1 Å². The lowest BCUT2D eigenvalue weighted by atomic mass is 10.4. The Balaban J connectivity index is 1.84. The summed E-state index contributed by atoms with van der Waals surface area (Å²) < 4.78 is 4.69. The molecule has 0 aliphatic carbocycles. The highest BCUT2D eigenvalue weighted by Crippen LogP contribution is 2.24. The Labute approximate surface area is 131 Å². The quantitative estimate of drug-likeness (QED) is 0.504. The van der Waals surface area contributed by atoms with E-state index in [0.717, 1.165) is 0 Å². The topological polar surface area (TPSA) is 116 Å². The number of rotatable bonds is 5. The lowest BCUT2D eigenvalue weighted by Gasteiger charge is -2.03. The van der Waals surface area contributed by atoms with E-state index in [0.29, 0.717) is 16.2 Å². The summed E-state index contributed by atoms with van der Waals surface area (Å²) in [5.74, 6) is -2.22. The summed E-state index contributed by atoms with van der Waals surface area (Å²) in [4.78, 5) is 44.9. The highest BCUT2D eigenvalue weighted by Gasteiger charge is 2.18. The average Bonchev–Trinajstić information content (AvgIpc) is 3.15. The molecule has 22 heavy (non-hydrogen) atoms. The number of hydrogen-bond donors (Lipinski definition) is 1. The second kappa shape index (κ2) is 6.91. The van der Waals surface area contributed by atoms with Gasteiger partial charge in [0.2, 0.25) is 0 Å². The van der Waals surface area contributed by atoms with Gasteiger partial charge in [-0.05, 0) is 17.5 Å². The zero-order valence-electron chi connectivity index (χ0n) is 10.8. The number of nitro groups is 1. The van der Waals surface area contributed by atoms with Crippen molar-refractivity contribution in [1.82, 2.24) is 5.32 Å². The van der Waals surface area contributed by atoms with Gasteiger partial charge in [-0.2, -0.15) is 0 Å². The molecule has 0 aliphatic rings. The highest BCUT2D eigenvalue weighted by molar-refractivity contribution is 7.17. The van der Waals surface area contributed by atoms with E-state index < -0.39 is 29.3 Å². The van der Waals surface area contributed by atoms with Crippen LogP contribution in [-0.2, 0) is 9.53 Å². The van der Waals surface area contributed by atoms with Gasteiger partial charge in [0.15, 0.2) is 6.61 Å². The smallest absolute Gasteiger partial charge is 0.349 e. The first-order valence-electron chi connectivity index (χ1n) is 5.76. The molecule has 10 heteroatoms. The molecule has 0 spiro atoms. The number of imide groups is 1. The van der Waals surface area contributed by atoms with Crippen LogP contribution in [0.2, 0.25) is 0 Å². The van der Waals surface area contributed by atoms with Gasteiger partial charge in [-0.15, -0.1) is 11.3 Å². The second-order valence-electron chi connectivity index (χ2n) is 3.83. The minimum atomic E-state index is -0.864. The van der Waals surface area contributed by atoms with Crippen LogP contribution >= 0.6 is 22.7 Å². The van der Waals surface area contributed by atoms with Crippen molar-refractivity contribution < 1.29 is 24.0 Å². The van der Waals surface area contributed by atoms with Crippen LogP contribution in [0.3, 0.4) is 0 Å². The molecule has 2 heterocycles. The Morgan fingerprint density at radius 2 is 2.00 bits per heavy atom. The van der Waals surface area contributed by atoms with Crippen LogP contribution in [0, 0.1) is 10.1 Å². The number of carbonyl (C=O) groups is 3. The maximum atomic E-state index is 11.6. The molecule has 0 atom stereocenters. The number of amides is 2. The number of nitrogens with zero attached hydrogens (tertiary/aromatic N) is 1. The van der Waals surface area contributed by atoms with Crippen molar-refractivity contribution >= 4 is 45.5 Å². The molecule has 0 bridgehead atoms. The first-order valence-corrected chi connectivity index (χ1v) is 7.46. The molecule has 0 fully saturated rings. The van der Waals surface area contributed by atoms with E-state index in [1.165, 1.54) is 23.5 Å². The Morgan fingerprint density at radius 1 is 1.23 bits per heavy atom. The van der Waals surface area contributed by atoms with Crippen molar-refractivity contribution in [3.63, 3.8) is 0 Å². The molecule has 2 aromatic heterocycles. The van der Waals surface area contributed by atoms with Crippen LogP contribution in [0.25, 0.3) is 0 Å². The summed E-state index contributed by atoms with van der Waals surface area (Å²) >= 11 is 1.81. The van der Waals surface area contributed by atoms with Crippen molar-refractivity contribution in [3.8, 4) is 0 Å². The van der Waals surface area contributed by atoms with Gasteiger partial charge in [0.25, 0.3) is 11.8 Å². The fraction of sp³-hybridized carbons (Fsp3) is 0.0833. The van der Waals surface area contributed by atoms with Gasteiger partial charge in [0.05, 0.1) is 9.80 Å². The van der Waals surface area contributed by atoms with Crippen LogP contribution in [-0.4, -0.2) is 29.3 Å². The van der Waals surface area contributed by atoms with Crippen LogP contribution in [0.5, 0.6) is 0 Å². The normalized spacial score (nSPS) is 10.0. The van der Waals surface area contributed by atoms with Gasteiger partial charge in [0, 0.05) is 6.07 Å². The van der Waals surface area contributed by atoms with Crippen LogP contribution in [0.4, 0.5) is 5.00 Å². The molecule has 2 rings (SSSR count). The van der Waals surface area contributed by atoms with Crippen molar-refractivity contribution in [2.45, 2.75) is 0 Å². The summed E-state index contributed by atoms with van der Waals surface area (Å²) in [5.41, 5.74) is 0. The number of ether oxygens (including phenoxy) is 1. The first kappa shape index (κ1) is 15.8. The molecule has 0 aliphatic heterocycles. The molecule has 0 unspecified atom stereocenters. The Morgan fingerprint density at radius 3 is 2.59 bits per heavy atom. The molecule has 1 N–H and O–H groups in total. The third-order valence-corrected chi connectivity index (χ3v) is 4.19. The van der Waals surface area contributed by atoms with E-state index >= 15 is 0 Å². The van der Waals surface area contributed by atoms with Crippen molar-refractivity contribution in [2.24, 2.45) is 0 Å². The monoisotopic (exact) mass is 340 g/mol. The summed E-state index contributed by atoms with van der Waals surface area (Å²) in [6, 6.07) is 5.61. The van der Waals surface area contributed by atoms with E-state index in [1.807, 2.05) is 0 Å². The Bertz CT molecular complexity index is 722. The number of hydrogen-bond acceptors (Lipinski definition) is 8. The largest absolute Gasteiger partial charge is 0.451 e. The van der Waals surface area contributed by atoms with E-state index in [4.69, 9.17) is 0 Å². The zero-order valence-corrected chi connectivity index (χ0v) is 12.4. The summed E-state index contributed by atoms with van der Waals surface area (Å²) in [7, 11) is 0. The predicted octanol–water partition coefficient (Wildman–Crippen LogP) is 1.83. The van der Waals surface area contributed by atoms with Crippen LogP contribution < -0.4 is 5.32 Å². The first-order chi connectivity index (χ1) is 10.5. The van der Waals surface area contributed by atoms with Gasteiger partial charge in [-0.3, -0.25) is 25.0 Å². The zero-order chi connectivity index (χ0) is 16.1. The SMILES string of the molecule is O=C(COC(=O)c1ccc([N+](=O)[O-])s1)NC(=O)c1cccs1. The maximum Gasteiger partial charge on any atom is 0.349 e. The molecule has 0 saturated carbocycles. The van der Waals surface area contributed by atoms with E-state index in [9.17, 15) is 24.5 Å². The third-order valence-electron chi connectivity index (χ3n) is 2.31. The summed E-state index contributed by atoms with van der Waals surface area (Å²) in [5, 5.41) is 14.0. The highest BCUT2D eigenvalue weighted by atomic mass is 32.1. The molecular formula is C12H8N2O6S2. The number of thiophene rings is 2. The number of esters is 1. The number of carbonyl (C=O) groups excluding carboxylic acids is 3. The Kier molecular flexibility index (Phi) is 4.96. The minimum Gasteiger partial charge on any atom is -0.451 e. The molecule has 2 amide bonds. The molecule has 0 radical (unpaired) electrons. The van der Waals surface area contributed by atoms with Gasteiger partial charge in [-0.1, -0.05) is 17.4 Å². The lowest BCUT2D eigenvalue weighted by Crippen LogP contribution is -2.33. The molecule has 114 valence electrons. The standard InChI is InChI=1S/C12H8N2O6S2/c15-9(13-11(16)7-2-1-5-21-7)6-20-12(17)8-3-4-10(22-8)14(18)19/h1-5H,6H2,(H,13,15,16). The predicted molar refractivity (Wildman–Crippen MR) is 78.0 cm³/mol. The summed E-state index contributed by atoms with van der Waals surface area (Å²) in [6.07, 6.45) is 0. The van der Waals surface area contributed by atoms with Gasteiger partial charge < -0.3 is 4.74 Å². The lowest BCUT2D eigenvalue weighted by molar-refractivity contribution is -0.380. The molecule has 0 aromatic carbocycles. The van der Waals surface area contributed by atoms with E-state index in [1.54, 1.807) is 17.5 Å². The third kappa shape index (κ3) is 3.96. The molecule has 0 saturated heterocycles. The fourth-order valence-electron chi connectivity index (χ4n) is 1.37. The minimum absolute atomic E-state index is 0.00378. The summed E-state index contributed by atoms with van der Waals surface area (Å²) in [6.45, 7) is -0.651. The van der Waals surface area contributed by atoms with Crippen molar-refractivity contribution in [2.75, 3.05) is 6.61 Å². The van der Waals surface area contributed by atoms with Crippen LogP contribution in [0.15, 0.2) is 29.6 Å². The van der Waals surface area contributed by atoms with E-state index in [-0.39, 0.29) is 9.88 Å². The molecule has 8 nitrogen and oxygen atoms in total. The van der Waals surface area contributed by atoms with Gasteiger partial charge >= 0.3 is 11.0 Å². The Hall–Kier alpha value is -2.59. The fourth-order valence-corrected chi connectivity index (χ4v) is 2.70. The van der Waals surface area contributed by atoms with Crippen molar-refractivity contribution in [1.29, 1.82) is 0 Å². The van der Waals surface area contributed by atoms with Crippen LogP contribution in [0.1, 0.15) is 19.3 Å². The average molecular weight is 340 g/mol. The maximum absolute atomic E-state index is 11.6.